The fraction of sp³-hybridized carbons (Fsp3) is 0.333. The number of alkyl halides is 3. The quantitative estimate of drug-likeness (QED) is 0.403. The molecule has 0 spiro atoms. The van der Waals surface area contributed by atoms with Crippen molar-refractivity contribution < 1.29 is 31.6 Å². The number of methoxy groups -OCH3 is 1. The van der Waals surface area contributed by atoms with E-state index in [1.807, 2.05) is 0 Å². The first-order valence-corrected chi connectivity index (χ1v) is 11.3. The maximum absolute atomic E-state index is 13.2. The molecular weight excluding hydrogens is 479 g/mol. The van der Waals surface area contributed by atoms with Crippen molar-refractivity contribution in [1.82, 2.24) is 20.4 Å². The molecule has 36 heavy (non-hydrogen) atoms. The minimum Gasteiger partial charge on any atom is -0.494 e. The monoisotopic (exact) mass is 501 g/mol. The SMILES string of the molecule is COc1ccc(-c2nc(C(=O)NCc3noc4c3CCCC4)c(CN)o2)c2ccc(C(F)(F)F)nc12. The predicted octanol–water partition coefficient (Wildman–Crippen LogP) is 4.17. The summed E-state index contributed by atoms with van der Waals surface area (Å²) >= 11 is 0. The van der Waals surface area contributed by atoms with Gasteiger partial charge in [-0.05, 0) is 43.5 Å². The van der Waals surface area contributed by atoms with Gasteiger partial charge in [0.2, 0.25) is 5.89 Å². The summed E-state index contributed by atoms with van der Waals surface area (Å²) in [6, 6.07) is 5.17. The highest BCUT2D eigenvalue weighted by Crippen LogP contribution is 2.37. The van der Waals surface area contributed by atoms with E-state index >= 15 is 0 Å². The highest BCUT2D eigenvalue weighted by molar-refractivity contribution is 5.98. The molecular formula is C24H22F3N5O4. The zero-order chi connectivity index (χ0) is 25.4. The Kier molecular flexibility index (Phi) is 6.12. The molecule has 9 nitrogen and oxygen atoms in total. The van der Waals surface area contributed by atoms with Gasteiger partial charge in [-0.25, -0.2) is 9.97 Å². The summed E-state index contributed by atoms with van der Waals surface area (Å²) in [6.07, 6.45) is -0.869. The van der Waals surface area contributed by atoms with Gasteiger partial charge in [-0.2, -0.15) is 13.2 Å². The first-order valence-electron chi connectivity index (χ1n) is 11.3. The molecule has 12 heteroatoms. The average Bonchev–Trinajstić information content (AvgIpc) is 3.50. The molecule has 0 saturated heterocycles. The summed E-state index contributed by atoms with van der Waals surface area (Å²) in [5, 5.41) is 7.16. The van der Waals surface area contributed by atoms with Crippen LogP contribution in [0.5, 0.6) is 5.75 Å². The number of carbonyl (C=O) groups excluding carboxylic acids is 1. The number of hydrogen-bond acceptors (Lipinski definition) is 8. The van der Waals surface area contributed by atoms with E-state index in [2.05, 4.69) is 20.4 Å². The molecule has 4 aromatic rings. The molecule has 0 fully saturated rings. The number of amides is 1. The van der Waals surface area contributed by atoms with Gasteiger partial charge in [0.25, 0.3) is 5.91 Å². The van der Waals surface area contributed by atoms with Crippen molar-refractivity contribution in [2.75, 3.05) is 7.11 Å². The van der Waals surface area contributed by atoms with Gasteiger partial charge in [0, 0.05) is 22.9 Å². The van der Waals surface area contributed by atoms with Gasteiger partial charge >= 0.3 is 6.18 Å². The zero-order valence-corrected chi connectivity index (χ0v) is 19.2. The summed E-state index contributed by atoms with van der Waals surface area (Å²) in [4.78, 5) is 21.0. The van der Waals surface area contributed by atoms with Gasteiger partial charge < -0.3 is 24.7 Å². The molecule has 0 atom stereocenters. The number of fused-ring (bicyclic) bond motifs is 2. The summed E-state index contributed by atoms with van der Waals surface area (Å²) in [5.41, 5.74) is 6.73. The van der Waals surface area contributed by atoms with Crippen molar-refractivity contribution in [3.63, 3.8) is 0 Å². The van der Waals surface area contributed by atoms with Crippen molar-refractivity contribution in [2.45, 2.75) is 44.9 Å². The molecule has 1 aliphatic carbocycles. The third kappa shape index (κ3) is 4.28. The Bertz CT molecular complexity index is 1440. The average molecular weight is 501 g/mol. The van der Waals surface area contributed by atoms with E-state index in [-0.39, 0.29) is 41.7 Å². The lowest BCUT2D eigenvalue weighted by molar-refractivity contribution is -0.140. The van der Waals surface area contributed by atoms with Crippen LogP contribution in [0.25, 0.3) is 22.4 Å². The standard InChI is InChI=1S/C24H22F3N5O4/c1-34-17-8-6-13(12-7-9-19(24(25,26)27)30-20(12)17)23-31-21(18(10-28)35-23)22(33)29-11-15-14-4-2-3-5-16(14)36-32-15/h6-9H,2-5,10-11,28H2,1H3,(H,29,33). The second-order valence-electron chi connectivity index (χ2n) is 8.32. The molecule has 0 unspecified atom stereocenters. The van der Waals surface area contributed by atoms with E-state index in [9.17, 15) is 18.0 Å². The predicted molar refractivity (Wildman–Crippen MR) is 121 cm³/mol. The van der Waals surface area contributed by atoms with Crippen LogP contribution in [0, 0.1) is 0 Å². The number of pyridine rings is 1. The minimum absolute atomic E-state index is 0.0147. The smallest absolute Gasteiger partial charge is 0.433 e. The van der Waals surface area contributed by atoms with Crippen molar-refractivity contribution in [1.29, 1.82) is 0 Å². The van der Waals surface area contributed by atoms with Crippen LogP contribution in [-0.2, 0) is 32.1 Å². The number of aromatic nitrogens is 3. The Balaban J connectivity index is 1.47. The number of hydrogen-bond donors (Lipinski definition) is 2. The second-order valence-corrected chi connectivity index (χ2v) is 8.32. The van der Waals surface area contributed by atoms with Crippen LogP contribution >= 0.6 is 0 Å². The molecule has 1 aliphatic rings. The van der Waals surface area contributed by atoms with Gasteiger partial charge in [0.1, 0.15) is 28.4 Å². The van der Waals surface area contributed by atoms with Gasteiger partial charge in [0.05, 0.1) is 20.2 Å². The number of aryl methyl sites for hydroxylation is 1. The largest absolute Gasteiger partial charge is 0.494 e. The Hall–Kier alpha value is -3.93. The number of benzene rings is 1. The molecule has 1 aromatic carbocycles. The number of nitrogens with one attached hydrogen (secondary N) is 1. The maximum atomic E-state index is 13.2. The van der Waals surface area contributed by atoms with Crippen LogP contribution < -0.4 is 15.8 Å². The Morgan fingerprint density at radius 3 is 2.72 bits per heavy atom. The third-order valence-electron chi connectivity index (χ3n) is 6.11. The fourth-order valence-electron chi connectivity index (χ4n) is 4.32. The zero-order valence-electron chi connectivity index (χ0n) is 19.2. The van der Waals surface area contributed by atoms with Crippen molar-refractivity contribution in [2.24, 2.45) is 5.73 Å². The van der Waals surface area contributed by atoms with Gasteiger partial charge in [-0.3, -0.25) is 4.79 Å². The van der Waals surface area contributed by atoms with Crippen LogP contribution in [0.3, 0.4) is 0 Å². The molecule has 0 radical (unpaired) electrons. The van der Waals surface area contributed by atoms with Crippen LogP contribution in [0.2, 0.25) is 0 Å². The van der Waals surface area contributed by atoms with Gasteiger partial charge in [-0.15, -0.1) is 0 Å². The van der Waals surface area contributed by atoms with E-state index in [1.54, 1.807) is 6.07 Å². The van der Waals surface area contributed by atoms with Crippen molar-refractivity contribution in [3.05, 3.63) is 58.4 Å². The molecule has 0 saturated carbocycles. The molecule has 0 aliphatic heterocycles. The summed E-state index contributed by atoms with van der Waals surface area (Å²) < 4.78 is 56.0. The van der Waals surface area contributed by atoms with E-state index < -0.39 is 17.8 Å². The van der Waals surface area contributed by atoms with E-state index in [0.29, 0.717) is 16.6 Å². The third-order valence-corrected chi connectivity index (χ3v) is 6.11. The van der Waals surface area contributed by atoms with E-state index in [4.69, 9.17) is 19.4 Å². The lowest BCUT2D eigenvalue weighted by atomic mass is 9.96. The molecule has 0 bridgehead atoms. The van der Waals surface area contributed by atoms with Gasteiger partial charge in [-0.1, -0.05) is 5.16 Å². The molecule has 5 rings (SSSR count). The summed E-state index contributed by atoms with van der Waals surface area (Å²) in [5.74, 6) is 0.639. The number of nitrogens with zero attached hydrogens (tertiary/aromatic N) is 3. The lowest BCUT2D eigenvalue weighted by Crippen LogP contribution is -2.25. The summed E-state index contributed by atoms with van der Waals surface area (Å²) in [7, 11) is 1.34. The first kappa shape index (κ1) is 23.8. The fourth-order valence-corrected chi connectivity index (χ4v) is 4.32. The number of oxazole rings is 1. The van der Waals surface area contributed by atoms with Crippen LogP contribution in [0.1, 0.15) is 51.8 Å². The Labute approximate surface area is 202 Å². The van der Waals surface area contributed by atoms with Crippen LogP contribution in [-0.4, -0.2) is 28.1 Å². The highest BCUT2D eigenvalue weighted by Gasteiger charge is 2.33. The number of nitrogens with two attached hydrogens (primary N) is 1. The van der Waals surface area contributed by atoms with Crippen LogP contribution in [0.15, 0.2) is 33.2 Å². The van der Waals surface area contributed by atoms with Gasteiger partial charge in [0.15, 0.2) is 11.5 Å². The number of ether oxygens (including phenoxy) is 1. The molecule has 3 N–H and O–H groups in total. The normalized spacial score (nSPS) is 13.6. The Morgan fingerprint density at radius 2 is 1.97 bits per heavy atom. The highest BCUT2D eigenvalue weighted by atomic mass is 19.4. The number of carbonyl (C=O) groups is 1. The van der Waals surface area contributed by atoms with E-state index in [1.165, 1.54) is 19.2 Å². The molecule has 1 amide bonds. The van der Waals surface area contributed by atoms with E-state index in [0.717, 1.165) is 43.1 Å². The topological polar surface area (TPSA) is 129 Å². The van der Waals surface area contributed by atoms with Crippen molar-refractivity contribution >= 4 is 16.8 Å². The van der Waals surface area contributed by atoms with Crippen LogP contribution in [0.4, 0.5) is 13.2 Å². The molecule has 3 heterocycles. The molecule has 188 valence electrons. The lowest BCUT2D eigenvalue weighted by Gasteiger charge is -2.11. The minimum atomic E-state index is -4.63. The maximum Gasteiger partial charge on any atom is 0.433 e. The first-order chi connectivity index (χ1) is 17.3. The number of rotatable bonds is 6. The Morgan fingerprint density at radius 1 is 1.17 bits per heavy atom. The second kappa shape index (κ2) is 9.26. The summed E-state index contributed by atoms with van der Waals surface area (Å²) in [6.45, 7) is 0.0408. The van der Waals surface area contributed by atoms with Crippen molar-refractivity contribution in [3.8, 4) is 17.2 Å². The number of halogens is 3. The molecule has 3 aromatic heterocycles.